The third-order valence-electron chi connectivity index (χ3n) is 4.22. The Bertz CT molecular complexity index is 712. The summed E-state index contributed by atoms with van der Waals surface area (Å²) in [4.78, 5) is 25.5. The summed E-state index contributed by atoms with van der Waals surface area (Å²) in [5, 5.41) is 3.96. The van der Waals surface area contributed by atoms with Crippen molar-refractivity contribution in [2.45, 2.75) is 26.7 Å². The van der Waals surface area contributed by atoms with E-state index in [1.54, 1.807) is 11.8 Å². The van der Waals surface area contributed by atoms with Crippen LogP contribution in [0.5, 0.6) is 0 Å². The van der Waals surface area contributed by atoms with Gasteiger partial charge in [0, 0.05) is 37.0 Å². The van der Waals surface area contributed by atoms with Crippen molar-refractivity contribution in [2.75, 3.05) is 18.4 Å². The first-order valence-corrected chi connectivity index (χ1v) is 7.59. The summed E-state index contributed by atoms with van der Waals surface area (Å²) >= 11 is 0. The Hall–Kier alpha value is -2.30. The summed E-state index contributed by atoms with van der Waals surface area (Å²) in [6.07, 6.45) is 1.44. The number of piperidine rings is 1. The Labute approximate surface area is 129 Å². The van der Waals surface area contributed by atoms with Crippen molar-refractivity contribution in [1.29, 1.82) is 0 Å². The van der Waals surface area contributed by atoms with E-state index in [4.69, 9.17) is 4.42 Å². The molecule has 2 heterocycles. The van der Waals surface area contributed by atoms with Crippen LogP contribution in [0.1, 0.15) is 25.5 Å². The second-order valence-electron chi connectivity index (χ2n) is 5.88. The molecule has 1 aliphatic heterocycles. The van der Waals surface area contributed by atoms with Gasteiger partial charge >= 0.3 is 0 Å². The highest BCUT2D eigenvalue weighted by Crippen LogP contribution is 2.24. The minimum absolute atomic E-state index is 0.0302. The number of likely N-dealkylation sites (tertiary alicyclic amines) is 1. The number of fused-ring (bicyclic) bond motifs is 1. The number of nitrogens with zero attached hydrogens (tertiary/aromatic N) is 1. The highest BCUT2D eigenvalue weighted by atomic mass is 16.3. The molecule has 1 N–H and O–H groups in total. The molecular weight excluding hydrogens is 280 g/mol. The molecule has 1 aromatic carbocycles. The van der Waals surface area contributed by atoms with Gasteiger partial charge in [-0.15, -0.1) is 0 Å². The zero-order chi connectivity index (χ0) is 15.7. The summed E-state index contributed by atoms with van der Waals surface area (Å²) < 4.78 is 5.53. The van der Waals surface area contributed by atoms with Crippen LogP contribution in [0.4, 0.5) is 5.69 Å². The second kappa shape index (κ2) is 5.83. The number of furan rings is 1. The Morgan fingerprint density at radius 1 is 1.23 bits per heavy atom. The molecule has 22 heavy (non-hydrogen) atoms. The summed E-state index contributed by atoms with van der Waals surface area (Å²) in [5.41, 5.74) is 1.61. The second-order valence-corrected chi connectivity index (χ2v) is 5.88. The fourth-order valence-electron chi connectivity index (χ4n) is 2.95. The lowest BCUT2D eigenvalue weighted by molar-refractivity contribution is -0.132. The number of benzene rings is 1. The maximum absolute atomic E-state index is 12.3. The standard InChI is InChI=1S/C17H20N2O3/c1-11-9-14-10-15(3-4-16(14)22-11)18-17(21)13-5-7-19(8-6-13)12(2)20/h3-4,9-10,13H,5-8H2,1-2H3,(H,18,21). The Morgan fingerprint density at radius 2 is 1.95 bits per heavy atom. The largest absolute Gasteiger partial charge is 0.461 e. The van der Waals surface area contributed by atoms with E-state index >= 15 is 0 Å². The van der Waals surface area contributed by atoms with Crippen LogP contribution in [-0.2, 0) is 9.59 Å². The van der Waals surface area contributed by atoms with Gasteiger partial charge in [0.1, 0.15) is 11.3 Å². The number of hydrogen-bond acceptors (Lipinski definition) is 3. The van der Waals surface area contributed by atoms with Crippen molar-refractivity contribution in [3.05, 3.63) is 30.0 Å². The van der Waals surface area contributed by atoms with Gasteiger partial charge in [-0.1, -0.05) is 0 Å². The van der Waals surface area contributed by atoms with Crippen molar-refractivity contribution in [1.82, 2.24) is 4.90 Å². The number of carbonyl (C=O) groups is 2. The van der Waals surface area contributed by atoms with Crippen LogP contribution in [0.2, 0.25) is 0 Å². The molecule has 2 aromatic rings. The number of amides is 2. The lowest BCUT2D eigenvalue weighted by atomic mass is 9.96. The third kappa shape index (κ3) is 2.98. The Balaban J connectivity index is 1.64. The SMILES string of the molecule is CC(=O)N1CCC(C(=O)Nc2ccc3oc(C)cc3c2)CC1. The van der Waals surface area contributed by atoms with Gasteiger partial charge in [0.05, 0.1) is 0 Å². The van der Waals surface area contributed by atoms with Gasteiger partial charge in [-0.25, -0.2) is 0 Å². The van der Waals surface area contributed by atoms with Crippen LogP contribution >= 0.6 is 0 Å². The van der Waals surface area contributed by atoms with E-state index in [1.165, 1.54) is 0 Å². The molecule has 0 saturated carbocycles. The molecule has 0 bridgehead atoms. The number of hydrogen-bond donors (Lipinski definition) is 1. The van der Waals surface area contributed by atoms with E-state index < -0.39 is 0 Å². The quantitative estimate of drug-likeness (QED) is 0.927. The molecule has 0 aliphatic carbocycles. The summed E-state index contributed by atoms with van der Waals surface area (Å²) in [7, 11) is 0. The van der Waals surface area contributed by atoms with Crippen LogP contribution in [0.25, 0.3) is 11.0 Å². The van der Waals surface area contributed by atoms with Crippen molar-refractivity contribution in [2.24, 2.45) is 5.92 Å². The third-order valence-corrected chi connectivity index (χ3v) is 4.22. The van der Waals surface area contributed by atoms with Crippen LogP contribution < -0.4 is 5.32 Å². The van der Waals surface area contributed by atoms with Crippen molar-refractivity contribution < 1.29 is 14.0 Å². The maximum atomic E-state index is 12.3. The number of carbonyl (C=O) groups excluding carboxylic acids is 2. The highest BCUT2D eigenvalue weighted by molar-refractivity contribution is 5.95. The van der Waals surface area contributed by atoms with Crippen LogP contribution in [0, 0.1) is 12.8 Å². The Morgan fingerprint density at radius 3 is 2.64 bits per heavy atom. The number of anilines is 1. The van der Waals surface area contributed by atoms with Crippen LogP contribution in [0.3, 0.4) is 0 Å². The molecular formula is C17H20N2O3. The average molecular weight is 300 g/mol. The molecule has 5 heteroatoms. The van der Waals surface area contributed by atoms with E-state index in [1.807, 2.05) is 31.2 Å². The van der Waals surface area contributed by atoms with E-state index in [9.17, 15) is 9.59 Å². The predicted molar refractivity (Wildman–Crippen MR) is 84.6 cm³/mol. The van der Waals surface area contributed by atoms with Crippen molar-refractivity contribution in [3.8, 4) is 0 Å². The summed E-state index contributed by atoms with van der Waals surface area (Å²) in [5.74, 6) is 0.940. The predicted octanol–water partition coefficient (Wildman–Crippen LogP) is 2.94. The molecule has 5 nitrogen and oxygen atoms in total. The molecule has 0 spiro atoms. The minimum Gasteiger partial charge on any atom is -0.461 e. The minimum atomic E-state index is -0.0302. The number of nitrogens with one attached hydrogen (secondary N) is 1. The van der Waals surface area contributed by atoms with Gasteiger partial charge < -0.3 is 14.6 Å². The summed E-state index contributed by atoms with van der Waals surface area (Å²) in [6, 6.07) is 7.61. The Kier molecular flexibility index (Phi) is 3.88. The van der Waals surface area contributed by atoms with Gasteiger partial charge in [-0.2, -0.15) is 0 Å². The zero-order valence-electron chi connectivity index (χ0n) is 12.9. The summed E-state index contributed by atoms with van der Waals surface area (Å²) in [6.45, 7) is 4.80. The van der Waals surface area contributed by atoms with Crippen LogP contribution in [-0.4, -0.2) is 29.8 Å². The topological polar surface area (TPSA) is 62.6 Å². The van der Waals surface area contributed by atoms with E-state index in [0.717, 1.165) is 35.3 Å². The van der Waals surface area contributed by atoms with E-state index in [-0.39, 0.29) is 17.7 Å². The molecule has 1 fully saturated rings. The molecule has 2 amide bonds. The van der Waals surface area contributed by atoms with Gasteiger partial charge in [0.25, 0.3) is 0 Å². The van der Waals surface area contributed by atoms with Gasteiger partial charge in [0.15, 0.2) is 0 Å². The van der Waals surface area contributed by atoms with Gasteiger partial charge in [-0.3, -0.25) is 9.59 Å². The monoisotopic (exact) mass is 300 g/mol. The first kappa shape index (κ1) is 14.6. The lowest BCUT2D eigenvalue weighted by Gasteiger charge is -2.30. The molecule has 0 atom stereocenters. The van der Waals surface area contributed by atoms with Gasteiger partial charge in [0.2, 0.25) is 11.8 Å². The van der Waals surface area contributed by atoms with Crippen molar-refractivity contribution >= 4 is 28.5 Å². The highest BCUT2D eigenvalue weighted by Gasteiger charge is 2.26. The molecule has 3 rings (SSSR count). The molecule has 116 valence electrons. The normalized spacial score (nSPS) is 16.0. The fourth-order valence-corrected chi connectivity index (χ4v) is 2.95. The smallest absolute Gasteiger partial charge is 0.227 e. The molecule has 1 aromatic heterocycles. The average Bonchev–Trinajstić information content (AvgIpc) is 2.86. The van der Waals surface area contributed by atoms with E-state index in [2.05, 4.69) is 5.32 Å². The first-order valence-electron chi connectivity index (χ1n) is 7.59. The fraction of sp³-hybridized carbons (Fsp3) is 0.412. The molecule has 1 saturated heterocycles. The van der Waals surface area contributed by atoms with E-state index in [0.29, 0.717) is 13.1 Å². The molecule has 0 radical (unpaired) electrons. The molecule has 1 aliphatic rings. The lowest BCUT2D eigenvalue weighted by Crippen LogP contribution is -2.40. The van der Waals surface area contributed by atoms with Crippen molar-refractivity contribution in [3.63, 3.8) is 0 Å². The van der Waals surface area contributed by atoms with Crippen LogP contribution in [0.15, 0.2) is 28.7 Å². The van der Waals surface area contributed by atoms with Gasteiger partial charge in [-0.05, 0) is 44.0 Å². The zero-order valence-corrected chi connectivity index (χ0v) is 12.9. The number of rotatable bonds is 2. The maximum Gasteiger partial charge on any atom is 0.227 e. The number of aryl methyl sites for hydroxylation is 1. The first-order chi connectivity index (χ1) is 10.5. The molecule has 0 unspecified atom stereocenters.